The second-order valence-corrected chi connectivity index (χ2v) is 1.16. The normalized spacial score (nSPS) is 12.0. The first-order valence-corrected chi connectivity index (χ1v) is 2.05. The Balaban J connectivity index is 3.11. The molecule has 0 amide bonds. The van der Waals surface area contributed by atoms with Crippen LogP contribution in [0.3, 0.4) is 0 Å². The van der Waals surface area contributed by atoms with Gasteiger partial charge in [0.25, 0.3) is 0 Å². The van der Waals surface area contributed by atoms with Crippen LogP contribution in [0.15, 0.2) is 0 Å². The molecule has 1 radical (unpaired) electrons. The van der Waals surface area contributed by atoms with Crippen LogP contribution in [0.2, 0.25) is 0 Å². The summed E-state index contributed by atoms with van der Waals surface area (Å²) in [4.78, 5) is 0. The Morgan fingerprint density at radius 3 is 2.12 bits per heavy atom. The van der Waals surface area contributed by atoms with Crippen molar-refractivity contribution >= 4 is 0 Å². The summed E-state index contributed by atoms with van der Waals surface area (Å²) in [6.45, 7) is 1.12. The van der Waals surface area contributed by atoms with Gasteiger partial charge in [0.05, 0.1) is 6.61 Å². The van der Waals surface area contributed by atoms with Gasteiger partial charge in [0.2, 0.25) is 0 Å². The first kappa shape index (κ1) is 7.75. The predicted octanol–water partition coefficient (Wildman–Crippen LogP) is 1.75. The highest BCUT2D eigenvalue weighted by atomic mass is 19.4. The molecule has 8 heavy (non-hydrogen) atoms. The summed E-state index contributed by atoms with van der Waals surface area (Å²) in [6, 6.07) is 0. The quantitative estimate of drug-likeness (QED) is 0.549. The Bertz CT molecular complexity index is 58.8. The fourth-order valence-corrected chi connectivity index (χ4v) is 0.178. The van der Waals surface area contributed by atoms with E-state index in [2.05, 4.69) is 4.74 Å². The third kappa shape index (κ3) is 5.75. The molecular formula is C4H6F3O. The molecule has 0 aromatic rings. The summed E-state index contributed by atoms with van der Waals surface area (Å²) < 4.78 is 36.3. The topological polar surface area (TPSA) is 9.23 Å². The van der Waals surface area contributed by atoms with Crippen LogP contribution in [-0.4, -0.2) is 13.0 Å². The zero-order valence-corrected chi connectivity index (χ0v) is 4.33. The van der Waals surface area contributed by atoms with Crippen molar-refractivity contribution in [2.24, 2.45) is 0 Å². The van der Waals surface area contributed by atoms with Crippen LogP contribution >= 0.6 is 0 Å². The van der Waals surface area contributed by atoms with Gasteiger partial charge >= 0.3 is 6.36 Å². The zero-order chi connectivity index (χ0) is 6.62. The minimum Gasteiger partial charge on any atom is -0.292 e. The highest BCUT2D eigenvalue weighted by Crippen LogP contribution is 2.15. The second kappa shape index (κ2) is 2.91. The number of hydrogen-bond donors (Lipinski definition) is 0. The highest BCUT2D eigenvalue weighted by Gasteiger charge is 2.27. The Kier molecular flexibility index (Phi) is 2.82. The predicted molar refractivity (Wildman–Crippen MR) is 22.0 cm³/mol. The Morgan fingerprint density at radius 2 is 2.00 bits per heavy atom. The molecule has 0 aromatic carbocycles. The van der Waals surface area contributed by atoms with Gasteiger partial charge in [-0.05, 0) is 6.42 Å². The standard InChI is InChI=1S/C4H6F3O/c1-2-3-8-4(5,6)7/h2H,3H2,1H3. The van der Waals surface area contributed by atoms with Crippen molar-refractivity contribution in [1.82, 2.24) is 0 Å². The van der Waals surface area contributed by atoms with Crippen LogP contribution in [-0.2, 0) is 4.74 Å². The summed E-state index contributed by atoms with van der Waals surface area (Å²) in [5, 5.41) is 0. The molecule has 0 aromatic heterocycles. The number of halogens is 3. The molecule has 0 aliphatic heterocycles. The lowest BCUT2D eigenvalue weighted by atomic mass is 10.5. The number of ether oxygens (including phenoxy) is 1. The third-order valence-electron chi connectivity index (χ3n) is 0.414. The van der Waals surface area contributed by atoms with Gasteiger partial charge in [0, 0.05) is 0 Å². The van der Waals surface area contributed by atoms with Gasteiger partial charge in [-0.25, -0.2) is 0 Å². The first-order chi connectivity index (χ1) is 3.56. The Morgan fingerprint density at radius 1 is 1.50 bits per heavy atom. The molecule has 0 atom stereocenters. The van der Waals surface area contributed by atoms with Crippen LogP contribution < -0.4 is 0 Å². The van der Waals surface area contributed by atoms with Crippen LogP contribution in [0.25, 0.3) is 0 Å². The van der Waals surface area contributed by atoms with E-state index >= 15 is 0 Å². The van der Waals surface area contributed by atoms with Crippen molar-refractivity contribution in [2.45, 2.75) is 13.3 Å². The van der Waals surface area contributed by atoms with Crippen molar-refractivity contribution in [3.05, 3.63) is 6.42 Å². The van der Waals surface area contributed by atoms with Crippen molar-refractivity contribution in [3.8, 4) is 0 Å². The SMILES string of the molecule is C[CH]COC(F)(F)F. The molecule has 4 heteroatoms. The van der Waals surface area contributed by atoms with Gasteiger partial charge in [-0.3, -0.25) is 4.74 Å². The van der Waals surface area contributed by atoms with Crippen LogP contribution in [0, 0.1) is 6.42 Å². The van der Waals surface area contributed by atoms with E-state index in [4.69, 9.17) is 0 Å². The minimum atomic E-state index is -4.48. The van der Waals surface area contributed by atoms with Crippen molar-refractivity contribution in [1.29, 1.82) is 0 Å². The number of hydrogen-bond acceptors (Lipinski definition) is 1. The van der Waals surface area contributed by atoms with E-state index in [1.54, 1.807) is 0 Å². The molecule has 1 nitrogen and oxygen atoms in total. The fraction of sp³-hybridized carbons (Fsp3) is 0.750. The van der Waals surface area contributed by atoms with Gasteiger partial charge in [0.1, 0.15) is 0 Å². The second-order valence-electron chi connectivity index (χ2n) is 1.16. The average Bonchev–Trinajstić information content (AvgIpc) is 1.59. The molecule has 0 N–H and O–H groups in total. The lowest BCUT2D eigenvalue weighted by Crippen LogP contribution is -2.13. The average molecular weight is 127 g/mol. The maximum atomic E-state index is 11.0. The maximum absolute atomic E-state index is 11.0. The van der Waals surface area contributed by atoms with Gasteiger partial charge in [-0.2, -0.15) is 0 Å². The van der Waals surface area contributed by atoms with Crippen LogP contribution in [0.5, 0.6) is 0 Å². The van der Waals surface area contributed by atoms with E-state index in [0.717, 1.165) is 0 Å². The molecular weight excluding hydrogens is 121 g/mol. The summed E-state index contributed by atoms with van der Waals surface area (Å²) >= 11 is 0. The molecule has 0 aliphatic carbocycles. The number of rotatable bonds is 2. The van der Waals surface area contributed by atoms with E-state index in [9.17, 15) is 13.2 Å². The maximum Gasteiger partial charge on any atom is 0.522 e. The van der Waals surface area contributed by atoms with Gasteiger partial charge < -0.3 is 0 Å². The molecule has 0 heterocycles. The van der Waals surface area contributed by atoms with Crippen LogP contribution in [0.1, 0.15) is 6.92 Å². The summed E-state index contributed by atoms with van der Waals surface area (Å²) in [7, 11) is 0. The minimum absolute atomic E-state index is 0.372. The van der Waals surface area contributed by atoms with Crippen LogP contribution in [0.4, 0.5) is 13.2 Å². The van der Waals surface area contributed by atoms with Gasteiger partial charge in [-0.15, -0.1) is 13.2 Å². The van der Waals surface area contributed by atoms with Crippen molar-refractivity contribution in [2.75, 3.05) is 6.61 Å². The van der Waals surface area contributed by atoms with Crippen molar-refractivity contribution in [3.63, 3.8) is 0 Å². The van der Waals surface area contributed by atoms with E-state index < -0.39 is 6.36 Å². The molecule has 0 aliphatic rings. The third-order valence-corrected chi connectivity index (χ3v) is 0.414. The molecule has 0 saturated heterocycles. The molecule has 49 valence electrons. The van der Waals surface area contributed by atoms with E-state index in [1.807, 2.05) is 0 Å². The van der Waals surface area contributed by atoms with E-state index in [0.29, 0.717) is 0 Å². The smallest absolute Gasteiger partial charge is 0.292 e. The monoisotopic (exact) mass is 127 g/mol. The Labute approximate surface area is 45.4 Å². The summed E-state index contributed by atoms with van der Waals surface area (Å²) in [5.74, 6) is 0. The number of alkyl halides is 3. The lowest BCUT2D eigenvalue weighted by molar-refractivity contribution is -0.321. The lowest BCUT2D eigenvalue weighted by Gasteiger charge is -2.03. The molecule has 0 spiro atoms. The first-order valence-electron chi connectivity index (χ1n) is 2.05. The Hall–Kier alpha value is -0.250. The van der Waals surface area contributed by atoms with E-state index in [1.165, 1.54) is 13.3 Å². The van der Waals surface area contributed by atoms with E-state index in [-0.39, 0.29) is 6.61 Å². The summed E-state index contributed by atoms with van der Waals surface area (Å²) in [5.41, 5.74) is 0. The summed E-state index contributed by atoms with van der Waals surface area (Å²) in [6.07, 6.45) is -3.19. The zero-order valence-electron chi connectivity index (χ0n) is 4.33. The molecule has 0 saturated carbocycles. The van der Waals surface area contributed by atoms with Gasteiger partial charge in [-0.1, -0.05) is 6.92 Å². The molecule has 0 unspecified atom stereocenters. The fourth-order valence-electron chi connectivity index (χ4n) is 0.178. The molecule has 0 fully saturated rings. The highest BCUT2D eigenvalue weighted by molar-refractivity contribution is 4.51. The molecule has 0 rings (SSSR count). The largest absolute Gasteiger partial charge is 0.522 e. The van der Waals surface area contributed by atoms with Gasteiger partial charge in [0.15, 0.2) is 0 Å². The molecule has 0 bridgehead atoms. The van der Waals surface area contributed by atoms with Crippen molar-refractivity contribution < 1.29 is 17.9 Å².